The zero-order valence-electron chi connectivity index (χ0n) is 14.2. The summed E-state index contributed by atoms with van der Waals surface area (Å²) in [6, 6.07) is 9.22. The number of hydrogen-bond acceptors (Lipinski definition) is 4. The van der Waals surface area contributed by atoms with E-state index in [1.807, 2.05) is 31.2 Å². The summed E-state index contributed by atoms with van der Waals surface area (Å²) in [6.07, 6.45) is 2.13. The molecule has 1 atom stereocenters. The number of rotatable bonds is 4. The summed E-state index contributed by atoms with van der Waals surface area (Å²) in [7, 11) is 0. The number of hydrogen-bond donors (Lipinski definition) is 3. The van der Waals surface area contributed by atoms with Gasteiger partial charge < -0.3 is 20.1 Å². The molecule has 0 amide bonds. The van der Waals surface area contributed by atoms with Gasteiger partial charge >= 0.3 is 5.97 Å². The van der Waals surface area contributed by atoms with Gasteiger partial charge in [-0.3, -0.25) is 4.79 Å². The molecule has 3 rings (SSSR count). The van der Waals surface area contributed by atoms with Crippen LogP contribution in [0.25, 0.3) is 11.3 Å². The number of nitrogens with one attached hydrogen (secondary N) is 1. The van der Waals surface area contributed by atoms with Crippen LogP contribution >= 0.6 is 0 Å². The fraction of sp³-hybridized carbons (Fsp3) is 0.368. The molecule has 1 saturated heterocycles. The first-order valence-corrected chi connectivity index (χ1v) is 8.52. The van der Waals surface area contributed by atoms with E-state index in [4.69, 9.17) is 5.11 Å². The van der Waals surface area contributed by atoms with Crippen LogP contribution < -0.4 is 10.5 Å². The number of nitrogens with zero attached hydrogens (tertiary/aromatic N) is 1. The summed E-state index contributed by atoms with van der Waals surface area (Å²) in [6.45, 7) is 3.47. The van der Waals surface area contributed by atoms with Crippen molar-refractivity contribution >= 4 is 11.7 Å². The number of carboxylic acid groups (broad SMARTS) is 1. The first kappa shape index (κ1) is 17.2. The molecule has 1 aromatic heterocycles. The summed E-state index contributed by atoms with van der Waals surface area (Å²) in [5.74, 6) is -1.22. The Morgan fingerprint density at radius 1 is 1.32 bits per heavy atom. The van der Waals surface area contributed by atoms with Crippen LogP contribution in [0.4, 0.5) is 5.69 Å². The summed E-state index contributed by atoms with van der Waals surface area (Å²) in [4.78, 5) is 28.0. The molecular weight excluding hydrogens is 320 g/mol. The molecule has 2 aromatic rings. The number of H-pyrrole nitrogens is 1. The highest BCUT2D eigenvalue weighted by molar-refractivity contribution is 5.88. The number of aryl methyl sites for hydroxylation is 1. The molecule has 1 aliphatic rings. The van der Waals surface area contributed by atoms with Crippen molar-refractivity contribution < 1.29 is 15.0 Å². The number of pyridine rings is 1. The van der Waals surface area contributed by atoms with E-state index in [-0.39, 0.29) is 11.7 Å². The van der Waals surface area contributed by atoms with E-state index in [0.717, 1.165) is 36.2 Å². The van der Waals surface area contributed by atoms with Crippen molar-refractivity contribution in [3.63, 3.8) is 0 Å². The molecular formula is C19H22N2O4. The number of aromatic carboxylic acids is 1. The van der Waals surface area contributed by atoms with Gasteiger partial charge in [0.2, 0.25) is 0 Å². The summed E-state index contributed by atoms with van der Waals surface area (Å²) >= 11 is 0. The Morgan fingerprint density at radius 2 is 2.04 bits per heavy atom. The van der Waals surface area contributed by atoms with E-state index >= 15 is 0 Å². The predicted octanol–water partition coefficient (Wildman–Crippen LogP) is 2.26. The lowest BCUT2D eigenvalue weighted by Gasteiger charge is -2.32. The first-order valence-electron chi connectivity index (χ1n) is 8.52. The van der Waals surface area contributed by atoms with Gasteiger partial charge in [0, 0.05) is 18.8 Å². The number of piperidine rings is 1. The van der Waals surface area contributed by atoms with Crippen molar-refractivity contribution in [1.82, 2.24) is 4.98 Å². The van der Waals surface area contributed by atoms with Crippen molar-refractivity contribution in [2.45, 2.75) is 32.3 Å². The maximum Gasteiger partial charge on any atom is 0.341 e. The Hall–Kier alpha value is -2.60. The normalized spacial score (nSPS) is 17.5. The van der Waals surface area contributed by atoms with E-state index in [9.17, 15) is 14.7 Å². The van der Waals surface area contributed by atoms with Crippen LogP contribution in [0.15, 0.2) is 35.1 Å². The maximum absolute atomic E-state index is 12.0. The zero-order chi connectivity index (χ0) is 18.0. The lowest BCUT2D eigenvalue weighted by Crippen LogP contribution is -2.38. The fourth-order valence-corrected chi connectivity index (χ4v) is 3.30. The minimum atomic E-state index is -1.22. The second-order valence-electron chi connectivity index (χ2n) is 6.36. The van der Waals surface area contributed by atoms with Crippen molar-refractivity contribution in [1.29, 1.82) is 0 Å². The van der Waals surface area contributed by atoms with Crippen molar-refractivity contribution in [3.8, 4) is 11.3 Å². The van der Waals surface area contributed by atoms with Crippen molar-refractivity contribution in [2.75, 3.05) is 18.0 Å². The lowest BCUT2D eigenvalue weighted by atomic mass is 10.0. The summed E-state index contributed by atoms with van der Waals surface area (Å²) in [5.41, 5.74) is 2.49. The van der Waals surface area contributed by atoms with Crippen LogP contribution in [0.5, 0.6) is 0 Å². The minimum absolute atomic E-state index is 0.237. The van der Waals surface area contributed by atoms with Crippen LogP contribution in [-0.4, -0.2) is 40.4 Å². The van der Waals surface area contributed by atoms with Gasteiger partial charge in [-0.05, 0) is 48.6 Å². The Labute approximate surface area is 145 Å². The molecule has 0 unspecified atom stereocenters. The molecule has 2 heterocycles. The standard InChI is InChI=1S/C19H22N2O4/c1-2-12-10-16(19(24)25)18(23)20-17(12)13-5-7-14(8-6-13)21-9-3-4-15(22)11-21/h5-8,10,15,22H,2-4,9,11H2,1H3,(H,20,23)(H,24,25)/t15-/m1/s1. The van der Waals surface area contributed by atoms with E-state index in [1.165, 1.54) is 6.07 Å². The molecule has 132 valence electrons. The van der Waals surface area contributed by atoms with Crippen LogP contribution in [0.1, 0.15) is 35.7 Å². The molecule has 1 fully saturated rings. The molecule has 0 bridgehead atoms. The van der Waals surface area contributed by atoms with Gasteiger partial charge in [0.25, 0.3) is 5.56 Å². The number of aromatic amines is 1. The summed E-state index contributed by atoms with van der Waals surface area (Å²) in [5, 5.41) is 18.9. The fourth-order valence-electron chi connectivity index (χ4n) is 3.30. The van der Waals surface area contributed by atoms with Gasteiger partial charge in [-0.2, -0.15) is 0 Å². The van der Waals surface area contributed by atoms with E-state index in [2.05, 4.69) is 9.88 Å². The van der Waals surface area contributed by atoms with E-state index < -0.39 is 11.5 Å². The van der Waals surface area contributed by atoms with E-state index in [1.54, 1.807) is 0 Å². The quantitative estimate of drug-likeness (QED) is 0.792. The van der Waals surface area contributed by atoms with Crippen LogP contribution in [0, 0.1) is 0 Å². The maximum atomic E-state index is 12.0. The third-order valence-electron chi connectivity index (χ3n) is 4.65. The van der Waals surface area contributed by atoms with E-state index in [0.29, 0.717) is 18.7 Å². The number of aliphatic hydroxyl groups is 1. The molecule has 0 spiro atoms. The highest BCUT2D eigenvalue weighted by Gasteiger charge is 2.18. The number of carboxylic acids is 1. The molecule has 6 nitrogen and oxygen atoms in total. The Bertz CT molecular complexity index is 826. The average Bonchev–Trinajstić information content (AvgIpc) is 2.61. The first-order chi connectivity index (χ1) is 12.0. The predicted molar refractivity (Wildman–Crippen MR) is 96.3 cm³/mol. The molecule has 0 radical (unpaired) electrons. The molecule has 1 aromatic carbocycles. The number of carbonyl (C=O) groups is 1. The highest BCUT2D eigenvalue weighted by atomic mass is 16.4. The third-order valence-corrected chi connectivity index (χ3v) is 4.65. The average molecular weight is 342 g/mol. The van der Waals surface area contributed by atoms with Gasteiger partial charge in [0.15, 0.2) is 0 Å². The van der Waals surface area contributed by atoms with Crippen LogP contribution in [0.3, 0.4) is 0 Å². The highest BCUT2D eigenvalue weighted by Crippen LogP contribution is 2.26. The van der Waals surface area contributed by atoms with Crippen LogP contribution in [0.2, 0.25) is 0 Å². The molecule has 25 heavy (non-hydrogen) atoms. The number of anilines is 1. The second kappa shape index (κ2) is 7.11. The summed E-state index contributed by atoms with van der Waals surface area (Å²) < 4.78 is 0. The number of benzene rings is 1. The third kappa shape index (κ3) is 3.58. The Kier molecular flexibility index (Phi) is 4.90. The molecule has 6 heteroatoms. The SMILES string of the molecule is CCc1cc(C(=O)O)c(=O)[nH]c1-c1ccc(N2CCC[C@@H](O)C2)cc1. The van der Waals surface area contributed by atoms with Gasteiger partial charge in [0.05, 0.1) is 11.8 Å². The Balaban J connectivity index is 1.93. The second-order valence-corrected chi connectivity index (χ2v) is 6.36. The smallest absolute Gasteiger partial charge is 0.341 e. The minimum Gasteiger partial charge on any atom is -0.477 e. The molecule has 0 aliphatic carbocycles. The molecule has 1 aliphatic heterocycles. The molecule has 3 N–H and O–H groups in total. The van der Waals surface area contributed by atoms with Crippen molar-refractivity contribution in [3.05, 3.63) is 51.8 Å². The molecule has 0 saturated carbocycles. The lowest BCUT2D eigenvalue weighted by molar-refractivity contribution is 0.0695. The largest absolute Gasteiger partial charge is 0.477 e. The topological polar surface area (TPSA) is 93.6 Å². The number of aromatic nitrogens is 1. The number of aliphatic hydroxyl groups excluding tert-OH is 1. The van der Waals surface area contributed by atoms with Crippen LogP contribution in [-0.2, 0) is 6.42 Å². The van der Waals surface area contributed by atoms with Gasteiger partial charge in [-0.1, -0.05) is 19.1 Å². The zero-order valence-corrected chi connectivity index (χ0v) is 14.2. The Morgan fingerprint density at radius 3 is 2.64 bits per heavy atom. The monoisotopic (exact) mass is 342 g/mol. The van der Waals surface area contributed by atoms with Gasteiger partial charge in [0.1, 0.15) is 5.56 Å². The van der Waals surface area contributed by atoms with Crippen molar-refractivity contribution in [2.24, 2.45) is 0 Å². The number of β-amino-alcohol motifs (C(OH)–C–C–N with tert-alkyl or cyclic N) is 1. The van der Waals surface area contributed by atoms with Gasteiger partial charge in [-0.15, -0.1) is 0 Å². The van der Waals surface area contributed by atoms with Gasteiger partial charge in [-0.25, -0.2) is 4.79 Å².